The van der Waals surface area contributed by atoms with Crippen LogP contribution in [0.15, 0.2) is 0 Å². The Morgan fingerprint density at radius 2 is 1.40 bits per heavy atom. The normalized spacial score (nSPS) is 12.2. The van der Waals surface area contributed by atoms with Crippen molar-refractivity contribution >= 4 is 23.1 Å². The Bertz CT molecular complexity index is 310. The van der Waals surface area contributed by atoms with Crippen molar-refractivity contribution in [2.45, 2.75) is 85.1 Å². The summed E-state index contributed by atoms with van der Waals surface area (Å²) in [5, 5.41) is 3.26. The van der Waals surface area contributed by atoms with Gasteiger partial charge in [0.15, 0.2) is 0 Å². The molecule has 20 heavy (non-hydrogen) atoms. The molecule has 0 unspecified atom stereocenters. The van der Waals surface area contributed by atoms with Gasteiger partial charge in [0.1, 0.15) is 0 Å². The van der Waals surface area contributed by atoms with Crippen LogP contribution in [0, 0.1) is 5.41 Å². The van der Waals surface area contributed by atoms with Crippen LogP contribution in [0.3, 0.4) is 0 Å². The zero-order valence-electron chi connectivity index (χ0n) is 13.8. The maximum atomic E-state index is 12.9. The second-order valence-electron chi connectivity index (χ2n) is 5.74. The van der Waals surface area contributed by atoms with Gasteiger partial charge in [-0.15, -0.1) is 0 Å². The third kappa shape index (κ3) is 4.18. The standard InChI is InChI=1S/C16H32N2OS/c1-6-11-16(12-7-2,13(17)20)14(19)18-15(8-3,9-4)10-5/h6-12H2,1-5H3,(H2,17,20)(H,18,19). The minimum Gasteiger partial charge on any atom is -0.392 e. The first-order valence-corrected chi connectivity index (χ1v) is 8.41. The van der Waals surface area contributed by atoms with Crippen LogP contribution < -0.4 is 11.1 Å². The molecule has 0 saturated heterocycles. The van der Waals surface area contributed by atoms with Crippen molar-refractivity contribution in [3.63, 3.8) is 0 Å². The van der Waals surface area contributed by atoms with Crippen LogP contribution in [0.5, 0.6) is 0 Å². The SMILES string of the molecule is CCCC(CCC)(C(=O)NC(CC)(CC)CC)C(N)=S. The zero-order chi connectivity index (χ0) is 15.8. The van der Waals surface area contributed by atoms with Gasteiger partial charge in [-0.3, -0.25) is 4.79 Å². The molecule has 0 saturated carbocycles. The molecule has 118 valence electrons. The van der Waals surface area contributed by atoms with Crippen LogP contribution in [-0.4, -0.2) is 16.4 Å². The summed E-state index contributed by atoms with van der Waals surface area (Å²) in [6.45, 7) is 10.5. The van der Waals surface area contributed by atoms with Crippen LogP contribution in [-0.2, 0) is 4.79 Å². The smallest absolute Gasteiger partial charge is 0.233 e. The van der Waals surface area contributed by atoms with Crippen molar-refractivity contribution in [3.8, 4) is 0 Å². The van der Waals surface area contributed by atoms with E-state index in [9.17, 15) is 4.79 Å². The Morgan fingerprint density at radius 3 is 1.65 bits per heavy atom. The fourth-order valence-corrected chi connectivity index (χ4v) is 3.24. The van der Waals surface area contributed by atoms with Gasteiger partial charge in [-0.1, -0.05) is 59.7 Å². The minimum absolute atomic E-state index is 0.0271. The summed E-state index contributed by atoms with van der Waals surface area (Å²) in [6, 6.07) is 0. The molecule has 0 atom stereocenters. The molecular weight excluding hydrogens is 268 g/mol. The number of amides is 1. The van der Waals surface area contributed by atoms with E-state index in [0.29, 0.717) is 4.99 Å². The Kier molecular flexibility index (Phi) is 8.33. The zero-order valence-corrected chi connectivity index (χ0v) is 14.7. The van der Waals surface area contributed by atoms with Crippen molar-refractivity contribution in [2.24, 2.45) is 11.1 Å². The van der Waals surface area contributed by atoms with Crippen LogP contribution in [0.1, 0.15) is 79.6 Å². The van der Waals surface area contributed by atoms with Crippen molar-refractivity contribution < 1.29 is 4.79 Å². The lowest BCUT2D eigenvalue weighted by atomic mass is 9.76. The molecule has 0 aromatic rings. The maximum Gasteiger partial charge on any atom is 0.233 e. The molecule has 0 spiro atoms. The largest absolute Gasteiger partial charge is 0.392 e. The average molecular weight is 301 g/mol. The summed E-state index contributed by atoms with van der Waals surface area (Å²) in [5.74, 6) is 0.0271. The molecule has 1 amide bonds. The second-order valence-corrected chi connectivity index (χ2v) is 6.18. The van der Waals surface area contributed by atoms with E-state index in [4.69, 9.17) is 18.0 Å². The van der Waals surface area contributed by atoms with Gasteiger partial charge in [0.25, 0.3) is 0 Å². The molecule has 0 aliphatic heterocycles. The third-order valence-corrected chi connectivity index (χ3v) is 5.06. The predicted octanol–water partition coefficient (Wildman–Crippen LogP) is 3.94. The lowest BCUT2D eigenvalue weighted by molar-refractivity contribution is -0.130. The minimum atomic E-state index is -0.677. The Balaban J connectivity index is 5.37. The number of hydrogen-bond donors (Lipinski definition) is 2. The van der Waals surface area contributed by atoms with Crippen molar-refractivity contribution in [1.29, 1.82) is 0 Å². The quantitative estimate of drug-likeness (QED) is 0.601. The Hall–Kier alpha value is -0.640. The highest BCUT2D eigenvalue weighted by Crippen LogP contribution is 2.33. The number of hydrogen-bond acceptors (Lipinski definition) is 2. The Labute approximate surface area is 130 Å². The fraction of sp³-hybridized carbons (Fsp3) is 0.875. The fourth-order valence-electron chi connectivity index (χ4n) is 2.94. The highest BCUT2D eigenvalue weighted by Gasteiger charge is 2.42. The number of nitrogens with one attached hydrogen (secondary N) is 1. The molecule has 0 aromatic heterocycles. The van der Waals surface area contributed by atoms with Crippen molar-refractivity contribution in [2.75, 3.05) is 0 Å². The van der Waals surface area contributed by atoms with Gasteiger partial charge in [0.05, 0.1) is 10.4 Å². The lowest BCUT2D eigenvalue weighted by Gasteiger charge is -2.38. The molecule has 0 aliphatic carbocycles. The highest BCUT2D eigenvalue weighted by atomic mass is 32.1. The van der Waals surface area contributed by atoms with E-state index in [1.165, 1.54) is 0 Å². The van der Waals surface area contributed by atoms with Crippen molar-refractivity contribution in [3.05, 3.63) is 0 Å². The molecule has 0 bridgehead atoms. The van der Waals surface area contributed by atoms with Gasteiger partial charge in [-0.2, -0.15) is 0 Å². The van der Waals surface area contributed by atoms with Crippen molar-refractivity contribution in [1.82, 2.24) is 5.32 Å². The van der Waals surface area contributed by atoms with Gasteiger partial charge < -0.3 is 11.1 Å². The number of carbonyl (C=O) groups excluding carboxylic acids is 1. The topological polar surface area (TPSA) is 55.1 Å². The van der Waals surface area contributed by atoms with E-state index in [-0.39, 0.29) is 11.4 Å². The molecule has 4 heteroatoms. The first-order valence-electron chi connectivity index (χ1n) is 8.00. The summed E-state index contributed by atoms with van der Waals surface area (Å²) in [5.41, 5.74) is 5.15. The van der Waals surface area contributed by atoms with E-state index in [0.717, 1.165) is 44.9 Å². The van der Waals surface area contributed by atoms with Crippen LogP contribution in [0.25, 0.3) is 0 Å². The van der Waals surface area contributed by atoms with Crippen LogP contribution >= 0.6 is 12.2 Å². The van der Waals surface area contributed by atoms with Crippen LogP contribution in [0.2, 0.25) is 0 Å². The molecule has 0 aliphatic rings. The molecule has 0 heterocycles. The number of carbonyl (C=O) groups is 1. The molecule has 3 nitrogen and oxygen atoms in total. The lowest BCUT2D eigenvalue weighted by Crippen LogP contribution is -2.56. The highest BCUT2D eigenvalue weighted by molar-refractivity contribution is 7.80. The molecular formula is C16H32N2OS. The van der Waals surface area contributed by atoms with Gasteiger partial charge in [0.2, 0.25) is 5.91 Å². The first kappa shape index (κ1) is 19.4. The number of nitrogens with two attached hydrogens (primary N) is 1. The second kappa shape index (κ2) is 8.60. The van der Waals surface area contributed by atoms with Gasteiger partial charge >= 0.3 is 0 Å². The monoisotopic (exact) mass is 300 g/mol. The van der Waals surface area contributed by atoms with Gasteiger partial charge in [-0.05, 0) is 32.1 Å². The molecule has 0 fully saturated rings. The van der Waals surface area contributed by atoms with Gasteiger partial charge in [0, 0.05) is 5.54 Å². The summed E-state index contributed by atoms with van der Waals surface area (Å²) in [6.07, 6.45) is 6.06. The number of rotatable bonds is 10. The average Bonchev–Trinajstić information content (AvgIpc) is 2.44. The summed E-state index contributed by atoms with van der Waals surface area (Å²) >= 11 is 5.25. The van der Waals surface area contributed by atoms with E-state index in [1.54, 1.807) is 0 Å². The van der Waals surface area contributed by atoms with Crippen LogP contribution in [0.4, 0.5) is 0 Å². The summed E-state index contributed by atoms with van der Waals surface area (Å²) < 4.78 is 0. The summed E-state index contributed by atoms with van der Waals surface area (Å²) in [4.78, 5) is 13.2. The molecule has 0 radical (unpaired) electrons. The first-order chi connectivity index (χ1) is 9.37. The Morgan fingerprint density at radius 1 is 1.00 bits per heavy atom. The maximum absolute atomic E-state index is 12.9. The number of thiocarbonyl (C=S) groups is 1. The molecule has 3 N–H and O–H groups in total. The molecule has 0 rings (SSSR count). The molecule has 0 aromatic carbocycles. The van der Waals surface area contributed by atoms with E-state index in [2.05, 4.69) is 39.9 Å². The van der Waals surface area contributed by atoms with Gasteiger partial charge in [-0.25, -0.2) is 0 Å². The van der Waals surface area contributed by atoms with E-state index < -0.39 is 5.41 Å². The third-order valence-electron chi connectivity index (χ3n) is 4.67. The summed E-state index contributed by atoms with van der Waals surface area (Å²) in [7, 11) is 0. The predicted molar refractivity (Wildman–Crippen MR) is 90.8 cm³/mol. The van der Waals surface area contributed by atoms with E-state index >= 15 is 0 Å². The van der Waals surface area contributed by atoms with E-state index in [1.807, 2.05) is 0 Å².